The van der Waals surface area contributed by atoms with Gasteiger partial charge in [-0.25, -0.2) is 0 Å². The molecule has 0 spiro atoms. The van der Waals surface area contributed by atoms with Crippen LogP contribution in [-0.2, 0) is 11.3 Å². The number of halogens is 1. The number of amides is 1. The van der Waals surface area contributed by atoms with Crippen molar-refractivity contribution in [3.8, 4) is 11.5 Å². The number of carbonyl (C=O) groups excluding carboxylic acids is 1. The summed E-state index contributed by atoms with van der Waals surface area (Å²) in [6.45, 7) is 1.54. The molecule has 134 valence electrons. The van der Waals surface area contributed by atoms with Crippen LogP contribution in [0.5, 0.6) is 11.5 Å². The Balaban J connectivity index is 0.00000225. The van der Waals surface area contributed by atoms with Gasteiger partial charge in [0.2, 0.25) is 5.91 Å². The van der Waals surface area contributed by atoms with Gasteiger partial charge in [0.1, 0.15) is 11.5 Å². The van der Waals surface area contributed by atoms with Crippen molar-refractivity contribution in [3.05, 3.63) is 60.2 Å². The molecule has 1 unspecified atom stereocenters. The lowest BCUT2D eigenvalue weighted by Crippen LogP contribution is -2.41. The zero-order valence-electron chi connectivity index (χ0n) is 13.9. The molecule has 2 aromatic carbocycles. The lowest BCUT2D eigenvalue weighted by Gasteiger charge is -2.22. The summed E-state index contributed by atoms with van der Waals surface area (Å²) in [5.74, 6) is 3.85. The first-order chi connectivity index (χ1) is 11.8. The van der Waals surface area contributed by atoms with Crippen molar-refractivity contribution in [2.45, 2.75) is 19.0 Å². The Morgan fingerprint density at radius 3 is 2.52 bits per heavy atom. The fraction of sp³-hybridized carbons (Fsp3) is 0.316. The SMILES string of the molecule is Cl.O=C(CC1CSCCN1)NCc1ccc(Oc2ccccc2)cc1. The van der Waals surface area contributed by atoms with E-state index >= 15 is 0 Å². The zero-order chi connectivity index (χ0) is 16.6. The molecule has 6 heteroatoms. The maximum Gasteiger partial charge on any atom is 0.221 e. The summed E-state index contributed by atoms with van der Waals surface area (Å²) < 4.78 is 5.76. The Morgan fingerprint density at radius 1 is 1.12 bits per heavy atom. The summed E-state index contributed by atoms with van der Waals surface area (Å²) in [5, 5.41) is 6.37. The third-order valence-electron chi connectivity index (χ3n) is 3.82. The number of rotatable bonds is 6. The second-order valence-corrected chi connectivity index (χ2v) is 6.92. The van der Waals surface area contributed by atoms with Crippen molar-refractivity contribution >= 4 is 30.1 Å². The Bertz CT molecular complexity index is 646. The summed E-state index contributed by atoms with van der Waals surface area (Å²) in [7, 11) is 0. The average Bonchev–Trinajstić information content (AvgIpc) is 2.63. The lowest BCUT2D eigenvalue weighted by molar-refractivity contribution is -0.121. The molecule has 2 N–H and O–H groups in total. The van der Waals surface area contributed by atoms with Crippen molar-refractivity contribution < 1.29 is 9.53 Å². The van der Waals surface area contributed by atoms with E-state index in [2.05, 4.69) is 10.6 Å². The highest BCUT2D eigenvalue weighted by Crippen LogP contribution is 2.21. The van der Waals surface area contributed by atoms with Crippen LogP contribution in [0.1, 0.15) is 12.0 Å². The number of carbonyl (C=O) groups is 1. The third kappa shape index (κ3) is 6.61. The average molecular weight is 379 g/mol. The van der Waals surface area contributed by atoms with Gasteiger partial charge in [-0.1, -0.05) is 30.3 Å². The highest BCUT2D eigenvalue weighted by Gasteiger charge is 2.16. The quantitative estimate of drug-likeness (QED) is 0.806. The number of nitrogens with one attached hydrogen (secondary N) is 2. The first-order valence-corrected chi connectivity index (χ1v) is 9.35. The molecule has 0 bridgehead atoms. The molecule has 1 atom stereocenters. The maximum absolute atomic E-state index is 12.0. The Kier molecular flexibility index (Phi) is 8.12. The van der Waals surface area contributed by atoms with Crippen LogP contribution in [0, 0.1) is 0 Å². The largest absolute Gasteiger partial charge is 0.457 e. The number of ether oxygens (including phenoxy) is 1. The predicted octanol–water partition coefficient (Wildman–Crippen LogP) is 3.61. The van der Waals surface area contributed by atoms with E-state index in [9.17, 15) is 4.79 Å². The predicted molar refractivity (Wildman–Crippen MR) is 106 cm³/mol. The van der Waals surface area contributed by atoms with Crippen molar-refractivity contribution in [2.75, 3.05) is 18.1 Å². The number of hydrogen-bond acceptors (Lipinski definition) is 4. The molecule has 1 aliphatic heterocycles. The van der Waals surface area contributed by atoms with Crippen LogP contribution in [-0.4, -0.2) is 30.0 Å². The second-order valence-electron chi connectivity index (χ2n) is 5.77. The molecule has 1 saturated heterocycles. The Morgan fingerprint density at radius 2 is 1.84 bits per heavy atom. The number of benzene rings is 2. The minimum Gasteiger partial charge on any atom is -0.457 e. The van der Waals surface area contributed by atoms with Gasteiger partial charge in [0, 0.05) is 37.1 Å². The Labute approximate surface area is 159 Å². The summed E-state index contributed by atoms with van der Waals surface area (Å²) in [6, 6.07) is 17.8. The van der Waals surface area contributed by atoms with Crippen molar-refractivity contribution in [1.82, 2.24) is 10.6 Å². The standard InChI is InChI=1S/C19H22N2O2S.ClH/c22-19(12-16-14-24-11-10-20-16)21-13-15-6-8-18(9-7-15)23-17-4-2-1-3-5-17;/h1-9,16,20H,10-14H2,(H,21,22);1H. The van der Waals surface area contributed by atoms with Gasteiger partial charge in [-0.05, 0) is 29.8 Å². The molecule has 1 fully saturated rings. The van der Waals surface area contributed by atoms with Crippen LogP contribution in [0.2, 0.25) is 0 Å². The van der Waals surface area contributed by atoms with E-state index in [-0.39, 0.29) is 18.3 Å². The van der Waals surface area contributed by atoms with E-state index < -0.39 is 0 Å². The smallest absolute Gasteiger partial charge is 0.221 e. The van der Waals surface area contributed by atoms with Crippen molar-refractivity contribution in [1.29, 1.82) is 0 Å². The molecule has 0 saturated carbocycles. The normalized spacial score (nSPS) is 16.6. The first kappa shape index (κ1) is 19.6. The minimum absolute atomic E-state index is 0. The summed E-state index contributed by atoms with van der Waals surface area (Å²) >= 11 is 1.91. The molecular weight excluding hydrogens is 356 g/mol. The summed E-state index contributed by atoms with van der Waals surface area (Å²) in [4.78, 5) is 12.0. The summed E-state index contributed by atoms with van der Waals surface area (Å²) in [5.41, 5.74) is 1.06. The molecule has 1 amide bonds. The fourth-order valence-electron chi connectivity index (χ4n) is 2.55. The van der Waals surface area contributed by atoms with Gasteiger partial charge in [-0.2, -0.15) is 11.8 Å². The highest BCUT2D eigenvalue weighted by atomic mass is 35.5. The first-order valence-electron chi connectivity index (χ1n) is 8.19. The molecule has 0 aromatic heterocycles. The van der Waals surface area contributed by atoms with Gasteiger partial charge in [-0.15, -0.1) is 12.4 Å². The van der Waals surface area contributed by atoms with Gasteiger partial charge >= 0.3 is 0 Å². The molecule has 0 radical (unpaired) electrons. The second kappa shape index (κ2) is 10.3. The molecule has 2 aromatic rings. The van der Waals surface area contributed by atoms with Crippen LogP contribution in [0.15, 0.2) is 54.6 Å². The molecule has 1 heterocycles. The van der Waals surface area contributed by atoms with Gasteiger partial charge in [0.15, 0.2) is 0 Å². The monoisotopic (exact) mass is 378 g/mol. The van der Waals surface area contributed by atoms with Crippen LogP contribution >= 0.6 is 24.2 Å². The molecular formula is C19H23ClN2O2S. The van der Waals surface area contributed by atoms with Gasteiger partial charge in [0.25, 0.3) is 0 Å². The van der Waals surface area contributed by atoms with E-state index in [0.29, 0.717) is 19.0 Å². The van der Waals surface area contributed by atoms with E-state index in [4.69, 9.17) is 4.74 Å². The highest BCUT2D eigenvalue weighted by molar-refractivity contribution is 7.99. The molecule has 25 heavy (non-hydrogen) atoms. The third-order valence-corrected chi connectivity index (χ3v) is 4.95. The zero-order valence-corrected chi connectivity index (χ0v) is 15.6. The van der Waals surface area contributed by atoms with E-state index in [1.54, 1.807) is 0 Å². The van der Waals surface area contributed by atoms with Crippen molar-refractivity contribution in [3.63, 3.8) is 0 Å². The van der Waals surface area contributed by atoms with Crippen molar-refractivity contribution in [2.24, 2.45) is 0 Å². The number of para-hydroxylation sites is 1. The maximum atomic E-state index is 12.0. The lowest BCUT2D eigenvalue weighted by atomic mass is 10.2. The molecule has 3 rings (SSSR count). The molecule has 4 nitrogen and oxygen atoms in total. The number of hydrogen-bond donors (Lipinski definition) is 2. The van der Waals surface area contributed by atoms with Gasteiger partial charge in [0.05, 0.1) is 0 Å². The fourth-order valence-corrected chi connectivity index (χ4v) is 3.50. The van der Waals surface area contributed by atoms with E-state index in [0.717, 1.165) is 35.1 Å². The van der Waals surface area contributed by atoms with Crippen LogP contribution in [0.25, 0.3) is 0 Å². The topological polar surface area (TPSA) is 50.4 Å². The minimum atomic E-state index is 0. The van der Waals surface area contributed by atoms with E-state index in [1.165, 1.54) is 0 Å². The number of thioether (sulfide) groups is 1. The van der Waals surface area contributed by atoms with Gasteiger partial charge < -0.3 is 15.4 Å². The molecule has 1 aliphatic rings. The van der Waals surface area contributed by atoms with Crippen LogP contribution < -0.4 is 15.4 Å². The van der Waals surface area contributed by atoms with Crippen LogP contribution in [0.4, 0.5) is 0 Å². The van der Waals surface area contributed by atoms with Crippen LogP contribution in [0.3, 0.4) is 0 Å². The van der Waals surface area contributed by atoms with Gasteiger partial charge in [-0.3, -0.25) is 4.79 Å². The molecule has 0 aliphatic carbocycles. The van der Waals surface area contributed by atoms with E-state index in [1.807, 2.05) is 66.4 Å². The Hall–Kier alpha value is -1.69. The summed E-state index contributed by atoms with van der Waals surface area (Å²) in [6.07, 6.45) is 0.544.